The van der Waals surface area contributed by atoms with Crippen molar-refractivity contribution in [1.82, 2.24) is 4.98 Å². The van der Waals surface area contributed by atoms with Crippen LogP contribution >= 0.6 is 11.3 Å². The number of aryl methyl sites for hydroxylation is 1. The van der Waals surface area contributed by atoms with Crippen LogP contribution in [0.3, 0.4) is 0 Å². The lowest BCUT2D eigenvalue weighted by atomic mass is 9.95. The molecular formula is C34H32N2O7S. The lowest BCUT2D eigenvalue weighted by Gasteiger charge is -2.23. The molecule has 0 radical (unpaired) electrons. The molecule has 1 atom stereocenters. The number of ether oxygens (including phenoxy) is 3. The molecule has 1 fully saturated rings. The highest BCUT2D eigenvalue weighted by Crippen LogP contribution is 2.44. The van der Waals surface area contributed by atoms with Crippen LogP contribution in [-0.2, 0) is 14.3 Å². The van der Waals surface area contributed by atoms with E-state index < -0.39 is 23.7 Å². The number of aliphatic hydroxyl groups excluding tert-OH is 1. The normalized spacial score (nSPS) is 15.8. The van der Waals surface area contributed by atoms with E-state index in [-0.39, 0.29) is 27.9 Å². The van der Waals surface area contributed by atoms with Gasteiger partial charge in [0.2, 0.25) is 0 Å². The van der Waals surface area contributed by atoms with Crippen molar-refractivity contribution >= 4 is 39.9 Å². The van der Waals surface area contributed by atoms with Crippen LogP contribution in [0.15, 0.2) is 84.4 Å². The molecule has 5 rings (SSSR count). The molecule has 1 aliphatic rings. The molecule has 1 saturated heterocycles. The van der Waals surface area contributed by atoms with Crippen molar-refractivity contribution in [2.75, 3.05) is 18.1 Å². The number of aromatic nitrogens is 1. The number of esters is 1. The van der Waals surface area contributed by atoms with Gasteiger partial charge in [-0.3, -0.25) is 14.5 Å². The van der Waals surface area contributed by atoms with Crippen molar-refractivity contribution in [1.29, 1.82) is 0 Å². The van der Waals surface area contributed by atoms with Crippen molar-refractivity contribution in [2.45, 2.75) is 39.7 Å². The van der Waals surface area contributed by atoms with E-state index in [0.717, 1.165) is 24.2 Å². The first kappa shape index (κ1) is 30.5. The Morgan fingerprint density at radius 1 is 0.955 bits per heavy atom. The summed E-state index contributed by atoms with van der Waals surface area (Å²) in [6.07, 6.45) is 1.91. The summed E-state index contributed by atoms with van der Waals surface area (Å²) in [5.41, 5.74) is 1.10. The number of rotatable bonds is 11. The number of hydrogen-bond donors (Lipinski definition) is 1. The van der Waals surface area contributed by atoms with Crippen molar-refractivity contribution < 1.29 is 33.7 Å². The van der Waals surface area contributed by atoms with Crippen LogP contribution in [-0.4, -0.2) is 41.0 Å². The Kier molecular flexibility index (Phi) is 9.40. The van der Waals surface area contributed by atoms with Crippen molar-refractivity contribution in [3.05, 3.63) is 106 Å². The Morgan fingerprint density at radius 2 is 1.68 bits per heavy atom. The van der Waals surface area contributed by atoms with Gasteiger partial charge < -0.3 is 19.3 Å². The van der Waals surface area contributed by atoms with E-state index in [1.54, 1.807) is 62.4 Å². The van der Waals surface area contributed by atoms with E-state index in [4.69, 9.17) is 14.2 Å². The number of nitrogens with zero attached hydrogens (tertiary/aromatic N) is 2. The van der Waals surface area contributed by atoms with Crippen LogP contribution in [0.5, 0.6) is 17.2 Å². The molecule has 0 spiro atoms. The minimum atomic E-state index is -1.06. The number of carbonyl (C=O) groups is 3. The highest BCUT2D eigenvalue weighted by molar-refractivity contribution is 7.17. The van der Waals surface area contributed by atoms with Gasteiger partial charge in [0.05, 0.1) is 30.5 Å². The number of para-hydroxylation sites is 1. The van der Waals surface area contributed by atoms with Crippen molar-refractivity contribution in [3.8, 4) is 17.2 Å². The van der Waals surface area contributed by atoms with Gasteiger partial charge in [-0.2, -0.15) is 0 Å². The number of Topliss-reactive ketones (excluding diaryl/α,β-unsaturated/α-hetero) is 1. The number of thiazole rings is 1. The highest BCUT2D eigenvalue weighted by Gasteiger charge is 2.48. The van der Waals surface area contributed by atoms with Gasteiger partial charge in [-0.05, 0) is 74.4 Å². The van der Waals surface area contributed by atoms with Gasteiger partial charge in [-0.15, -0.1) is 0 Å². The molecule has 0 saturated carbocycles. The minimum Gasteiger partial charge on any atom is -0.507 e. The third-order valence-electron chi connectivity index (χ3n) is 6.94. The Hall–Kier alpha value is -4.96. The molecule has 4 aromatic rings. The second kappa shape index (κ2) is 13.6. The van der Waals surface area contributed by atoms with Gasteiger partial charge in [-0.1, -0.05) is 55.0 Å². The monoisotopic (exact) mass is 612 g/mol. The van der Waals surface area contributed by atoms with E-state index in [1.807, 2.05) is 30.3 Å². The van der Waals surface area contributed by atoms with E-state index in [2.05, 4.69) is 11.9 Å². The third-order valence-corrected chi connectivity index (χ3v) is 8.08. The molecule has 10 heteroatoms. The summed E-state index contributed by atoms with van der Waals surface area (Å²) in [7, 11) is 0. The van der Waals surface area contributed by atoms with E-state index in [9.17, 15) is 19.5 Å². The Balaban J connectivity index is 1.60. The van der Waals surface area contributed by atoms with Gasteiger partial charge in [0, 0.05) is 5.56 Å². The van der Waals surface area contributed by atoms with Gasteiger partial charge in [0.15, 0.2) is 5.13 Å². The zero-order valence-electron chi connectivity index (χ0n) is 24.6. The van der Waals surface area contributed by atoms with Crippen LogP contribution in [0.1, 0.15) is 59.2 Å². The lowest BCUT2D eigenvalue weighted by Crippen LogP contribution is -2.29. The zero-order valence-corrected chi connectivity index (χ0v) is 25.4. The first-order chi connectivity index (χ1) is 21.3. The largest absolute Gasteiger partial charge is 0.507 e. The maximum absolute atomic E-state index is 13.7. The fourth-order valence-corrected chi connectivity index (χ4v) is 5.78. The average molecular weight is 613 g/mol. The number of ketones is 1. The molecule has 44 heavy (non-hydrogen) atoms. The standard InChI is InChI=1S/C34H32N2O7S/c1-4-6-19-42-24-17-15-22(16-18-24)29(37)27-28(23-11-10-14-26(20-23)43-25-12-8-7-9-13-25)36(32(39)30(27)38)34-35-21(3)31(44-34)33(40)41-5-2/h7-18,20,28,37H,4-6,19H2,1-3H3/t28-/m0/s1. The first-order valence-electron chi connectivity index (χ1n) is 14.3. The molecule has 226 valence electrons. The third kappa shape index (κ3) is 6.35. The summed E-state index contributed by atoms with van der Waals surface area (Å²) in [4.78, 5) is 45.8. The van der Waals surface area contributed by atoms with Gasteiger partial charge in [-0.25, -0.2) is 9.78 Å². The summed E-state index contributed by atoms with van der Waals surface area (Å²) < 4.78 is 16.9. The number of anilines is 1. The average Bonchev–Trinajstić information content (AvgIpc) is 3.54. The minimum absolute atomic E-state index is 0.114. The fraction of sp³-hybridized carbons (Fsp3) is 0.235. The molecule has 1 amide bonds. The lowest BCUT2D eigenvalue weighted by molar-refractivity contribution is -0.132. The molecule has 0 unspecified atom stereocenters. The van der Waals surface area contributed by atoms with Crippen molar-refractivity contribution in [2.24, 2.45) is 0 Å². The molecule has 0 bridgehead atoms. The fourth-order valence-electron chi connectivity index (χ4n) is 4.79. The maximum Gasteiger partial charge on any atom is 0.350 e. The SMILES string of the molecule is CCCCOc1ccc(C(O)=C2C(=O)C(=O)N(c3nc(C)c(C(=O)OCC)s3)[C@H]2c2cccc(Oc3ccccc3)c2)cc1. The number of unbranched alkanes of at least 4 members (excludes halogenated alkanes) is 1. The molecule has 1 aliphatic heterocycles. The Morgan fingerprint density at radius 3 is 2.39 bits per heavy atom. The molecule has 2 heterocycles. The predicted octanol–water partition coefficient (Wildman–Crippen LogP) is 7.23. The summed E-state index contributed by atoms with van der Waals surface area (Å²) in [6.45, 7) is 6.14. The molecule has 0 aliphatic carbocycles. The van der Waals surface area contributed by atoms with Gasteiger partial charge in [0.1, 0.15) is 27.9 Å². The number of hydrogen-bond acceptors (Lipinski definition) is 9. The van der Waals surface area contributed by atoms with Crippen LogP contribution < -0.4 is 14.4 Å². The predicted molar refractivity (Wildman–Crippen MR) is 167 cm³/mol. The Labute approximate surface area is 259 Å². The van der Waals surface area contributed by atoms with Crippen LogP contribution in [0.25, 0.3) is 5.76 Å². The van der Waals surface area contributed by atoms with E-state index in [0.29, 0.717) is 40.7 Å². The highest BCUT2D eigenvalue weighted by atomic mass is 32.1. The number of benzene rings is 3. The summed E-state index contributed by atoms with van der Waals surface area (Å²) in [5.74, 6) is -0.969. The number of aliphatic hydroxyl groups is 1. The second-order valence-corrected chi connectivity index (χ2v) is 11.0. The topological polar surface area (TPSA) is 115 Å². The summed E-state index contributed by atoms with van der Waals surface area (Å²) in [5, 5.41) is 11.7. The first-order valence-corrected chi connectivity index (χ1v) is 15.2. The molecule has 3 aromatic carbocycles. The van der Waals surface area contributed by atoms with Crippen molar-refractivity contribution in [3.63, 3.8) is 0 Å². The Bertz CT molecular complexity index is 1700. The zero-order chi connectivity index (χ0) is 31.2. The molecule has 1 N–H and O–H groups in total. The number of carbonyl (C=O) groups excluding carboxylic acids is 3. The molecular weight excluding hydrogens is 580 g/mol. The quantitative estimate of drug-likeness (QED) is 0.0620. The van der Waals surface area contributed by atoms with E-state index >= 15 is 0 Å². The van der Waals surface area contributed by atoms with Crippen LogP contribution in [0.4, 0.5) is 5.13 Å². The van der Waals surface area contributed by atoms with Gasteiger partial charge >= 0.3 is 11.9 Å². The summed E-state index contributed by atoms with van der Waals surface area (Å²) >= 11 is 0.952. The van der Waals surface area contributed by atoms with Gasteiger partial charge in [0.25, 0.3) is 5.78 Å². The number of amides is 1. The smallest absolute Gasteiger partial charge is 0.350 e. The van der Waals surface area contributed by atoms with Crippen LogP contribution in [0, 0.1) is 6.92 Å². The maximum atomic E-state index is 13.7. The molecule has 1 aromatic heterocycles. The second-order valence-electron chi connectivity index (χ2n) is 10.0. The van der Waals surface area contributed by atoms with Crippen LogP contribution in [0.2, 0.25) is 0 Å². The molecule has 9 nitrogen and oxygen atoms in total. The summed E-state index contributed by atoms with van der Waals surface area (Å²) in [6, 6.07) is 21.8. The van der Waals surface area contributed by atoms with E-state index in [1.165, 1.54) is 4.90 Å².